The van der Waals surface area contributed by atoms with Crippen LogP contribution in [-0.2, 0) is 23.9 Å². The monoisotopic (exact) mass is 398 g/mol. The number of amides is 3. The van der Waals surface area contributed by atoms with E-state index >= 15 is 0 Å². The Morgan fingerprint density at radius 2 is 1.55 bits per heavy atom. The molecule has 0 bridgehead atoms. The molecule has 3 rings (SSSR count). The van der Waals surface area contributed by atoms with Crippen molar-refractivity contribution in [2.45, 2.75) is 51.8 Å². The first kappa shape index (κ1) is 20.8. The van der Waals surface area contributed by atoms with E-state index in [-0.39, 0.29) is 17.9 Å². The van der Waals surface area contributed by atoms with Crippen molar-refractivity contribution in [1.29, 1.82) is 0 Å². The molecule has 0 spiro atoms. The van der Waals surface area contributed by atoms with Crippen LogP contribution in [0.3, 0.4) is 0 Å². The minimum Gasteiger partial charge on any atom is -0.451 e. The summed E-state index contributed by atoms with van der Waals surface area (Å²) >= 11 is 0. The first-order chi connectivity index (χ1) is 13.8. The summed E-state index contributed by atoms with van der Waals surface area (Å²) < 4.78 is 5.26. The molecule has 154 valence electrons. The van der Waals surface area contributed by atoms with E-state index in [2.05, 4.69) is 5.32 Å². The van der Waals surface area contributed by atoms with Gasteiger partial charge < -0.3 is 10.1 Å². The predicted molar refractivity (Wildman–Crippen MR) is 105 cm³/mol. The van der Waals surface area contributed by atoms with Gasteiger partial charge in [-0.15, -0.1) is 0 Å². The quantitative estimate of drug-likeness (QED) is 0.450. The van der Waals surface area contributed by atoms with Gasteiger partial charge in [-0.3, -0.25) is 19.3 Å². The van der Waals surface area contributed by atoms with Crippen molar-refractivity contribution in [3.63, 3.8) is 0 Å². The number of hydrogen-bond donors (Lipinski definition) is 1. The Labute approximate surface area is 170 Å². The zero-order valence-corrected chi connectivity index (χ0v) is 16.8. The van der Waals surface area contributed by atoms with Crippen LogP contribution in [0.1, 0.15) is 45.2 Å². The van der Waals surface area contributed by atoms with Crippen LogP contribution in [0, 0.1) is 11.8 Å². The number of nitrogens with one attached hydrogen (secondary N) is 1. The molecule has 29 heavy (non-hydrogen) atoms. The first-order valence-electron chi connectivity index (χ1n) is 9.89. The Kier molecular flexibility index (Phi) is 6.15. The Morgan fingerprint density at radius 1 is 1.00 bits per heavy atom. The van der Waals surface area contributed by atoms with E-state index in [0.29, 0.717) is 12.8 Å². The summed E-state index contributed by atoms with van der Waals surface area (Å²) in [4.78, 5) is 51.1. The standard InChI is InChI=1S/C22H26N2O5/c1-13(16-9-5-4-6-10-16)23-19(25)15(3)29-22(28)14(2)24-20(26)17-11-7-8-12-18(17)21(24)27/h4-10,13-15,17-18H,11-12H2,1-3H3,(H,23,25)/t13-,14+,15+,17-,18+/m1/s1. The second-order valence-electron chi connectivity index (χ2n) is 7.60. The number of carbonyl (C=O) groups is 4. The minimum atomic E-state index is -1.07. The SMILES string of the molecule is C[C@H](OC(=O)[C@H](C)N1C(=O)[C@H]2CC=CC[C@H]2C1=O)C(=O)N[C@H](C)c1ccccc1. The number of allylic oxidation sites excluding steroid dienone is 2. The largest absolute Gasteiger partial charge is 0.451 e. The van der Waals surface area contributed by atoms with Crippen molar-refractivity contribution >= 4 is 23.7 Å². The van der Waals surface area contributed by atoms with E-state index in [0.717, 1.165) is 10.5 Å². The van der Waals surface area contributed by atoms with Crippen molar-refractivity contribution in [1.82, 2.24) is 10.2 Å². The van der Waals surface area contributed by atoms with Gasteiger partial charge in [-0.05, 0) is 39.2 Å². The fourth-order valence-electron chi connectivity index (χ4n) is 3.80. The average Bonchev–Trinajstić information content (AvgIpc) is 2.98. The first-order valence-corrected chi connectivity index (χ1v) is 9.89. The zero-order valence-electron chi connectivity index (χ0n) is 16.8. The van der Waals surface area contributed by atoms with Gasteiger partial charge >= 0.3 is 5.97 Å². The van der Waals surface area contributed by atoms with Gasteiger partial charge in [0.25, 0.3) is 5.91 Å². The van der Waals surface area contributed by atoms with Gasteiger partial charge in [0.2, 0.25) is 11.8 Å². The molecule has 1 aromatic carbocycles. The molecule has 1 fully saturated rings. The molecular weight excluding hydrogens is 372 g/mol. The number of imide groups is 1. The lowest BCUT2D eigenvalue weighted by atomic mass is 9.85. The van der Waals surface area contributed by atoms with Crippen molar-refractivity contribution in [3.05, 3.63) is 48.0 Å². The molecule has 0 unspecified atom stereocenters. The number of ether oxygens (including phenoxy) is 1. The van der Waals surface area contributed by atoms with Crippen molar-refractivity contribution in [2.24, 2.45) is 11.8 Å². The molecule has 1 aliphatic heterocycles. The molecule has 1 N–H and O–H groups in total. The number of esters is 1. The average molecular weight is 398 g/mol. The summed E-state index contributed by atoms with van der Waals surface area (Å²) in [5, 5.41) is 2.80. The van der Waals surface area contributed by atoms with Crippen molar-refractivity contribution in [2.75, 3.05) is 0 Å². The summed E-state index contributed by atoms with van der Waals surface area (Å²) in [5.41, 5.74) is 0.928. The lowest BCUT2D eigenvalue weighted by Gasteiger charge is -2.24. The highest BCUT2D eigenvalue weighted by Gasteiger charge is 2.50. The molecule has 2 aliphatic rings. The highest BCUT2D eigenvalue weighted by atomic mass is 16.5. The van der Waals surface area contributed by atoms with E-state index in [1.54, 1.807) is 0 Å². The number of nitrogens with zero attached hydrogens (tertiary/aromatic N) is 1. The van der Waals surface area contributed by atoms with Gasteiger partial charge in [-0.25, -0.2) is 4.79 Å². The van der Waals surface area contributed by atoms with Gasteiger partial charge in [0.05, 0.1) is 17.9 Å². The molecule has 1 heterocycles. The molecule has 1 saturated heterocycles. The Hall–Kier alpha value is -2.96. The Balaban J connectivity index is 1.58. The summed E-state index contributed by atoms with van der Waals surface area (Å²) in [6.07, 6.45) is 3.74. The number of fused-ring (bicyclic) bond motifs is 1. The summed E-state index contributed by atoms with van der Waals surface area (Å²) in [6.45, 7) is 4.76. The van der Waals surface area contributed by atoms with Crippen molar-refractivity contribution in [3.8, 4) is 0 Å². The second kappa shape index (κ2) is 8.59. The number of hydrogen-bond acceptors (Lipinski definition) is 5. The molecule has 7 nitrogen and oxygen atoms in total. The lowest BCUT2D eigenvalue weighted by molar-refractivity contribution is -0.164. The van der Waals surface area contributed by atoms with Crippen LogP contribution in [0.2, 0.25) is 0 Å². The van der Waals surface area contributed by atoms with Crippen LogP contribution in [0.15, 0.2) is 42.5 Å². The van der Waals surface area contributed by atoms with E-state index in [1.165, 1.54) is 13.8 Å². The number of carbonyl (C=O) groups excluding carboxylic acids is 4. The third-order valence-electron chi connectivity index (χ3n) is 5.59. The van der Waals surface area contributed by atoms with Gasteiger partial charge in [-0.2, -0.15) is 0 Å². The van der Waals surface area contributed by atoms with Crippen molar-refractivity contribution < 1.29 is 23.9 Å². The molecule has 0 radical (unpaired) electrons. The fraction of sp³-hybridized carbons (Fsp3) is 0.455. The number of likely N-dealkylation sites (tertiary alicyclic amines) is 1. The molecular formula is C22H26N2O5. The maximum Gasteiger partial charge on any atom is 0.329 e. The molecule has 1 aliphatic carbocycles. The summed E-state index contributed by atoms with van der Waals surface area (Å²) in [5.74, 6) is -2.72. The van der Waals surface area contributed by atoms with Crippen LogP contribution in [0.25, 0.3) is 0 Å². The van der Waals surface area contributed by atoms with E-state index < -0.39 is 35.9 Å². The zero-order chi connectivity index (χ0) is 21.1. The molecule has 3 amide bonds. The Morgan fingerprint density at radius 3 is 2.10 bits per heavy atom. The van der Waals surface area contributed by atoms with Gasteiger partial charge in [0, 0.05) is 0 Å². The maximum absolute atomic E-state index is 12.6. The number of benzene rings is 1. The highest BCUT2D eigenvalue weighted by molar-refractivity contribution is 6.08. The summed E-state index contributed by atoms with van der Waals surface area (Å²) in [7, 11) is 0. The van der Waals surface area contributed by atoms with E-state index in [4.69, 9.17) is 4.74 Å². The Bertz CT molecular complexity index is 809. The van der Waals surface area contributed by atoms with Crippen LogP contribution in [0.4, 0.5) is 0 Å². The maximum atomic E-state index is 12.6. The van der Waals surface area contributed by atoms with E-state index in [9.17, 15) is 19.2 Å². The molecule has 5 atom stereocenters. The summed E-state index contributed by atoms with van der Waals surface area (Å²) in [6, 6.07) is 8.10. The minimum absolute atomic E-state index is 0.250. The van der Waals surface area contributed by atoms with Gasteiger partial charge in [0.15, 0.2) is 6.10 Å². The third kappa shape index (κ3) is 4.23. The fourth-order valence-corrected chi connectivity index (χ4v) is 3.80. The van der Waals surface area contributed by atoms with Crippen LogP contribution < -0.4 is 5.32 Å². The van der Waals surface area contributed by atoms with Crippen LogP contribution >= 0.6 is 0 Å². The van der Waals surface area contributed by atoms with Crippen LogP contribution in [-0.4, -0.2) is 40.7 Å². The van der Waals surface area contributed by atoms with Gasteiger partial charge in [0.1, 0.15) is 6.04 Å². The molecule has 0 saturated carbocycles. The highest BCUT2D eigenvalue weighted by Crippen LogP contribution is 2.36. The number of rotatable bonds is 6. The molecule has 1 aromatic rings. The molecule has 0 aromatic heterocycles. The smallest absolute Gasteiger partial charge is 0.329 e. The normalized spacial score (nSPS) is 23.9. The van der Waals surface area contributed by atoms with Gasteiger partial charge in [-0.1, -0.05) is 42.5 Å². The predicted octanol–water partition coefficient (Wildman–Crippen LogP) is 2.14. The lowest BCUT2D eigenvalue weighted by Crippen LogP contribution is -2.46. The molecule has 7 heteroatoms. The topological polar surface area (TPSA) is 92.8 Å². The third-order valence-corrected chi connectivity index (χ3v) is 5.59. The van der Waals surface area contributed by atoms with E-state index in [1.807, 2.05) is 49.4 Å². The second-order valence-corrected chi connectivity index (χ2v) is 7.60. The van der Waals surface area contributed by atoms with Crippen LogP contribution in [0.5, 0.6) is 0 Å².